The predicted molar refractivity (Wildman–Crippen MR) is 118 cm³/mol. The molecule has 2 fully saturated rings. The Labute approximate surface area is 191 Å². The smallest absolute Gasteiger partial charge is 0.270 e. The summed E-state index contributed by atoms with van der Waals surface area (Å²) in [5.74, 6) is -2.65. The van der Waals surface area contributed by atoms with E-state index < -0.39 is 30.0 Å². The average molecular weight is 469 g/mol. The quantitative estimate of drug-likeness (QED) is 0.408. The van der Waals surface area contributed by atoms with E-state index in [1.807, 2.05) is 6.07 Å². The van der Waals surface area contributed by atoms with Gasteiger partial charge in [-0.1, -0.05) is 0 Å². The first-order chi connectivity index (χ1) is 16.4. The molecule has 3 N–H and O–H groups in total. The highest BCUT2D eigenvalue weighted by Crippen LogP contribution is 2.54. The van der Waals surface area contributed by atoms with Gasteiger partial charge in [0.25, 0.3) is 11.8 Å². The van der Waals surface area contributed by atoms with Crippen LogP contribution in [0.4, 0.5) is 14.6 Å². The van der Waals surface area contributed by atoms with Crippen molar-refractivity contribution in [3.8, 4) is 11.3 Å². The van der Waals surface area contributed by atoms with Crippen LogP contribution in [0.3, 0.4) is 0 Å². The number of alkyl halides is 2. The molecule has 12 heteroatoms. The van der Waals surface area contributed by atoms with Gasteiger partial charge in [0.15, 0.2) is 5.65 Å². The minimum atomic E-state index is -2.76. The van der Waals surface area contributed by atoms with Crippen molar-refractivity contribution in [2.45, 2.75) is 30.5 Å². The number of amides is 1. The number of carbonyl (C=O) groups excluding carboxylic acids is 1. The molecule has 4 aromatic heterocycles. The van der Waals surface area contributed by atoms with E-state index in [-0.39, 0.29) is 30.8 Å². The van der Waals surface area contributed by atoms with Crippen LogP contribution in [0.15, 0.2) is 36.8 Å². The Morgan fingerprint density at radius 3 is 2.85 bits per heavy atom. The van der Waals surface area contributed by atoms with Crippen molar-refractivity contribution in [2.24, 2.45) is 0 Å². The molecule has 3 atom stereocenters. The molecule has 176 valence electrons. The maximum absolute atomic E-state index is 13.9. The maximum atomic E-state index is 13.9. The van der Waals surface area contributed by atoms with Gasteiger partial charge in [-0.05, 0) is 12.1 Å². The number of ether oxygens (including phenoxy) is 1. The summed E-state index contributed by atoms with van der Waals surface area (Å²) in [6.07, 6.45) is 3.59. The lowest BCUT2D eigenvalue weighted by molar-refractivity contribution is 0.0887. The van der Waals surface area contributed by atoms with E-state index in [0.717, 1.165) is 0 Å². The molecular weight excluding hydrogens is 448 g/mol. The Bertz CT molecular complexity index is 1430. The number of aliphatic hydroxyl groups excluding tert-OH is 1. The largest absolute Gasteiger partial charge is 0.388 e. The van der Waals surface area contributed by atoms with E-state index >= 15 is 0 Å². The number of aromatic nitrogens is 5. The molecule has 2 aliphatic rings. The van der Waals surface area contributed by atoms with Crippen LogP contribution in [0.2, 0.25) is 0 Å². The van der Waals surface area contributed by atoms with Gasteiger partial charge in [-0.15, -0.1) is 0 Å². The van der Waals surface area contributed by atoms with Gasteiger partial charge in [-0.25, -0.2) is 18.7 Å². The number of halogens is 2. The van der Waals surface area contributed by atoms with Crippen LogP contribution in [0.1, 0.15) is 22.8 Å². The molecule has 34 heavy (non-hydrogen) atoms. The van der Waals surface area contributed by atoms with E-state index in [0.29, 0.717) is 28.1 Å². The van der Waals surface area contributed by atoms with Crippen LogP contribution < -0.4 is 10.6 Å². The highest BCUT2D eigenvalue weighted by Gasteiger charge is 2.58. The van der Waals surface area contributed by atoms with Crippen molar-refractivity contribution in [3.63, 3.8) is 0 Å². The Balaban J connectivity index is 1.47. The molecule has 5 heterocycles. The van der Waals surface area contributed by atoms with Crippen LogP contribution in [-0.2, 0) is 4.74 Å². The minimum absolute atomic E-state index is 0.157. The topological polar surface area (TPSA) is 119 Å². The summed E-state index contributed by atoms with van der Waals surface area (Å²) >= 11 is 0. The van der Waals surface area contributed by atoms with E-state index in [4.69, 9.17) is 4.74 Å². The van der Waals surface area contributed by atoms with Crippen molar-refractivity contribution in [1.29, 1.82) is 0 Å². The average Bonchev–Trinajstić information content (AvgIpc) is 3.22. The molecule has 1 aliphatic carbocycles. The van der Waals surface area contributed by atoms with Crippen LogP contribution in [-0.4, -0.2) is 73.5 Å². The van der Waals surface area contributed by atoms with Gasteiger partial charge >= 0.3 is 0 Å². The normalized spacial score (nSPS) is 23.5. The summed E-state index contributed by atoms with van der Waals surface area (Å²) in [4.78, 5) is 22.0. The maximum Gasteiger partial charge on any atom is 0.270 e. The fraction of sp³-hybridized carbons (Fsp3) is 0.364. The first-order valence-corrected chi connectivity index (χ1v) is 10.8. The summed E-state index contributed by atoms with van der Waals surface area (Å²) in [5, 5.41) is 20.7. The summed E-state index contributed by atoms with van der Waals surface area (Å²) < 4.78 is 36.0. The van der Waals surface area contributed by atoms with E-state index in [9.17, 15) is 18.7 Å². The number of nitrogens with zero attached hydrogens (tertiary/aromatic N) is 5. The molecule has 1 saturated carbocycles. The molecule has 0 bridgehead atoms. The second-order valence-corrected chi connectivity index (χ2v) is 8.56. The fourth-order valence-electron chi connectivity index (χ4n) is 4.39. The summed E-state index contributed by atoms with van der Waals surface area (Å²) in [6.45, 7) is 0.370. The molecule has 0 aromatic carbocycles. The first-order valence-electron chi connectivity index (χ1n) is 10.8. The van der Waals surface area contributed by atoms with Gasteiger partial charge in [0.05, 0.1) is 37.3 Å². The molecule has 1 aliphatic heterocycles. The zero-order valence-electron chi connectivity index (χ0n) is 18.1. The third-order valence-electron chi connectivity index (χ3n) is 6.33. The number of fused-ring (bicyclic) bond motifs is 2. The number of aliphatic hydroxyl groups is 1. The molecule has 0 radical (unpaired) electrons. The molecule has 10 nitrogen and oxygen atoms in total. The Hall–Kier alpha value is -3.64. The number of anilines is 1. The lowest BCUT2D eigenvalue weighted by atomic mass is 10.1. The van der Waals surface area contributed by atoms with Gasteiger partial charge in [-0.3, -0.25) is 4.79 Å². The van der Waals surface area contributed by atoms with E-state index in [1.165, 1.54) is 15.3 Å². The van der Waals surface area contributed by atoms with Crippen LogP contribution in [0, 0.1) is 0 Å². The minimum Gasteiger partial charge on any atom is -0.388 e. The number of carbonyl (C=O) groups is 1. The summed E-state index contributed by atoms with van der Waals surface area (Å²) in [6, 6.07) is 3.82. The Morgan fingerprint density at radius 1 is 1.32 bits per heavy atom. The number of pyridine rings is 1. The van der Waals surface area contributed by atoms with Gasteiger partial charge in [0.2, 0.25) is 0 Å². The Morgan fingerprint density at radius 2 is 2.15 bits per heavy atom. The number of hydrogen-bond acceptors (Lipinski definition) is 7. The van der Waals surface area contributed by atoms with Gasteiger partial charge < -0.3 is 25.0 Å². The second-order valence-electron chi connectivity index (χ2n) is 8.56. The summed E-state index contributed by atoms with van der Waals surface area (Å²) in [5.41, 5.74) is 2.06. The van der Waals surface area contributed by atoms with Gasteiger partial charge in [0.1, 0.15) is 23.1 Å². The van der Waals surface area contributed by atoms with Crippen molar-refractivity contribution in [3.05, 3.63) is 42.4 Å². The van der Waals surface area contributed by atoms with Crippen LogP contribution in [0.25, 0.3) is 27.9 Å². The fourth-order valence-corrected chi connectivity index (χ4v) is 4.39. The van der Waals surface area contributed by atoms with E-state index in [2.05, 4.69) is 25.7 Å². The molecule has 1 saturated heterocycles. The SMILES string of the molecule is CNc1cc(-c2cn([C@@H]3CC3(F)F)c3ncccc23)nc2c(C(=O)N[C@H]3COCC3O)cnn12. The lowest BCUT2D eigenvalue weighted by Gasteiger charge is -2.14. The van der Waals surface area contributed by atoms with Crippen molar-refractivity contribution in [1.82, 2.24) is 29.5 Å². The highest BCUT2D eigenvalue weighted by molar-refractivity contribution is 6.01. The zero-order chi connectivity index (χ0) is 23.6. The number of hydrogen-bond donors (Lipinski definition) is 3. The molecule has 6 rings (SSSR count). The third-order valence-corrected chi connectivity index (χ3v) is 6.33. The van der Waals surface area contributed by atoms with Crippen molar-refractivity contribution in [2.75, 3.05) is 25.6 Å². The predicted octanol–water partition coefficient (Wildman–Crippen LogP) is 1.86. The standard InChI is InChI=1S/C22H21F2N7O3/c1-25-18-5-14(13-8-30(17-6-22(17,23)24)19-11(13)3-2-4-26-19)28-20-12(7-27-31(18)20)21(33)29-15-9-34-10-16(15)32/h2-5,7-8,15-17,25,32H,6,9-10H2,1H3,(H,29,33)/t15-,16?,17+/m0/s1. The molecule has 4 aromatic rings. The van der Waals surface area contributed by atoms with Crippen molar-refractivity contribution < 1.29 is 23.4 Å². The van der Waals surface area contributed by atoms with Crippen molar-refractivity contribution >= 4 is 28.4 Å². The first kappa shape index (κ1) is 20.9. The highest BCUT2D eigenvalue weighted by atomic mass is 19.3. The molecule has 1 amide bonds. The molecular formula is C22H21F2N7O3. The van der Waals surface area contributed by atoms with Gasteiger partial charge in [-0.2, -0.15) is 9.61 Å². The van der Waals surface area contributed by atoms with Crippen LogP contribution >= 0.6 is 0 Å². The van der Waals surface area contributed by atoms with Crippen LogP contribution in [0.5, 0.6) is 0 Å². The monoisotopic (exact) mass is 469 g/mol. The number of rotatable bonds is 5. The van der Waals surface area contributed by atoms with Gasteiger partial charge in [0, 0.05) is 42.9 Å². The molecule has 1 unspecified atom stereocenters. The summed E-state index contributed by atoms with van der Waals surface area (Å²) in [7, 11) is 1.71. The zero-order valence-corrected chi connectivity index (χ0v) is 18.1. The van der Waals surface area contributed by atoms with E-state index in [1.54, 1.807) is 31.6 Å². The second kappa shape index (κ2) is 7.43. The third kappa shape index (κ3) is 3.21. The molecule has 0 spiro atoms. The Kier molecular flexibility index (Phi) is 4.58. The lowest BCUT2D eigenvalue weighted by Crippen LogP contribution is -2.42. The number of nitrogens with one attached hydrogen (secondary N) is 2.